The van der Waals surface area contributed by atoms with Crippen molar-refractivity contribution in [3.8, 4) is 5.75 Å². The van der Waals surface area contributed by atoms with Gasteiger partial charge in [-0.2, -0.15) is 0 Å². The van der Waals surface area contributed by atoms with Crippen LogP contribution in [0.15, 0.2) is 18.2 Å². The van der Waals surface area contributed by atoms with Crippen molar-refractivity contribution in [1.82, 2.24) is 0 Å². The molecular formula is C12H13ClO3. The van der Waals surface area contributed by atoms with Crippen LogP contribution in [0.5, 0.6) is 5.75 Å². The molecule has 0 atom stereocenters. The first-order chi connectivity index (χ1) is 7.57. The molecule has 0 spiro atoms. The quantitative estimate of drug-likeness (QED) is 0.880. The average Bonchev–Trinajstić information content (AvgIpc) is 2.97. The third kappa shape index (κ3) is 2.00. The van der Waals surface area contributed by atoms with E-state index < -0.39 is 5.97 Å². The van der Waals surface area contributed by atoms with Crippen molar-refractivity contribution >= 4 is 17.6 Å². The van der Waals surface area contributed by atoms with Crippen LogP contribution >= 0.6 is 11.6 Å². The summed E-state index contributed by atoms with van der Waals surface area (Å²) in [6, 6.07) is 5.43. The molecule has 1 saturated carbocycles. The number of carbonyl (C=O) groups is 1. The second kappa shape index (κ2) is 3.98. The summed E-state index contributed by atoms with van der Waals surface area (Å²) in [4.78, 5) is 10.8. The minimum absolute atomic E-state index is 0.152. The van der Waals surface area contributed by atoms with Gasteiger partial charge in [-0.1, -0.05) is 17.7 Å². The van der Waals surface area contributed by atoms with Crippen LogP contribution in [0.3, 0.4) is 0 Å². The Labute approximate surface area is 99.0 Å². The molecule has 1 aromatic carbocycles. The molecule has 3 nitrogen and oxygen atoms in total. The van der Waals surface area contributed by atoms with E-state index in [2.05, 4.69) is 0 Å². The zero-order valence-corrected chi connectivity index (χ0v) is 9.75. The van der Waals surface area contributed by atoms with Crippen LogP contribution in [0.4, 0.5) is 0 Å². The summed E-state index contributed by atoms with van der Waals surface area (Å²) in [7, 11) is 1.58. The second-order valence-electron chi connectivity index (χ2n) is 4.20. The molecule has 2 rings (SSSR count). The summed E-state index contributed by atoms with van der Waals surface area (Å²) in [6.07, 6.45) is 1.94. The summed E-state index contributed by atoms with van der Waals surface area (Å²) in [5.74, 6) is -0.0794. The molecule has 0 bridgehead atoms. The molecule has 0 heterocycles. The van der Waals surface area contributed by atoms with Gasteiger partial charge in [-0.3, -0.25) is 4.79 Å². The third-order valence-electron chi connectivity index (χ3n) is 3.09. The number of hydrogen-bond acceptors (Lipinski definition) is 2. The van der Waals surface area contributed by atoms with Crippen LogP contribution < -0.4 is 4.74 Å². The standard InChI is InChI=1S/C12H13ClO3/c1-16-8-2-3-9(10(13)6-8)12(4-5-12)7-11(14)15/h2-3,6H,4-5,7H2,1H3,(H,14,15). The van der Waals surface area contributed by atoms with E-state index in [1.165, 1.54) is 0 Å². The Hall–Kier alpha value is -1.22. The topological polar surface area (TPSA) is 46.5 Å². The van der Waals surface area contributed by atoms with Gasteiger partial charge in [0.05, 0.1) is 13.5 Å². The van der Waals surface area contributed by atoms with E-state index in [0.29, 0.717) is 10.8 Å². The van der Waals surface area contributed by atoms with Gasteiger partial charge in [-0.25, -0.2) is 0 Å². The molecule has 1 fully saturated rings. The summed E-state index contributed by atoms with van der Waals surface area (Å²) >= 11 is 6.14. The van der Waals surface area contributed by atoms with Gasteiger partial charge in [0.2, 0.25) is 0 Å². The van der Waals surface area contributed by atoms with Crippen molar-refractivity contribution in [2.24, 2.45) is 0 Å². The van der Waals surface area contributed by atoms with E-state index in [9.17, 15) is 4.79 Å². The zero-order chi connectivity index (χ0) is 11.8. The van der Waals surface area contributed by atoms with Gasteiger partial charge in [0, 0.05) is 10.4 Å². The molecule has 1 aromatic rings. The summed E-state index contributed by atoms with van der Waals surface area (Å²) in [5, 5.41) is 9.47. The molecule has 1 aliphatic carbocycles. The molecule has 1 aliphatic rings. The highest BCUT2D eigenvalue weighted by Gasteiger charge is 2.47. The van der Waals surface area contributed by atoms with Crippen molar-refractivity contribution in [1.29, 1.82) is 0 Å². The number of carboxylic acids is 1. The molecule has 0 saturated heterocycles. The number of aliphatic carboxylic acids is 1. The Morgan fingerprint density at radius 2 is 2.25 bits per heavy atom. The lowest BCUT2D eigenvalue weighted by atomic mass is 9.92. The molecule has 1 N–H and O–H groups in total. The fourth-order valence-corrected chi connectivity index (χ4v) is 2.41. The Kier molecular flexibility index (Phi) is 2.80. The molecule has 0 amide bonds. The van der Waals surface area contributed by atoms with Crippen LogP contribution in [-0.4, -0.2) is 18.2 Å². The van der Waals surface area contributed by atoms with Gasteiger partial charge in [0.25, 0.3) is 0 Å². The van der Waals surface area contributed by atoms with Gasteiger partial charge in [-0.05, 0) is 30.5 Å². The second-order valence-corrected chi connectivity index (χ2v) is 4.60. The van der Waals surface area contributed by atoms with Crippen LogP contribution in [0.25, 0.3) is 0 Å². The first-order valence-corrected chi connectivity index (χ1v) is 5.51. The van der Waals surface area contributed by atoms with E-state index in [-0.39, 0.29) is 11.8 Å². The number of methoxy groups -OCH3 is 1. The molecular weight excluding hydrogens is 228 g/mol. The van der Waals surface area contributed by atoms with E-state index in [4.69, 9.17) is 21.4 Å². The fraction of sp³-hybridized carbons (Fsp3) is 0.417. The maximum absolute atomic E-state index is 10.8. The minimum Gasteiger partial charge on any atom is -0.497 e. The van der Waals surface area contributed by atoms with Crippen LogP contribution in [0, 0.1) is 0 Å². The normalized spacial score (nSPS) is 16.9. The van der Waals surface area contributed by atoms with Gasteiger partial charge < -0.3 is 9.84 Å². The average molecular weight is 241 g/mol. The number of ether oxygens (including phenoxy) is 1. The van der Waals surface area contributed by atoms with Crippen LogP contribution in [0.1, 0.15) is 24.8 Å². The maximum atomic E-state index is 10.8. The van der Waals surface area contributed by atoms with Gasteiger partial charge in [0.1, 0.15) is 5.75 Å². The fourth-order valence-electron chi connectivity index (χ4n) is 2.03. The monoisotopic (exact) mass is 240 g/mol. The van der Waals surface area contributed by atoms with E-state index in [1.54, 1.807) is 13.2 Å². The first-order valence-electron chi connectivity index (χ1n) is 5.13. The zero-order valence-electron chi connectivity index (χ0n) is 9.00. The number of hydrogen-bond donors (Lipinski definition) is 1. The first kappa shape index (κ1) is 11.3. The molecule has 0 radical (unpaired) electrons. The predicted molar refractivity (Wildman–Crippen MR) is 61.2 cm³/mol. The molecule has 4 heteroatoms. The number of rotatable bonds is 4. The largest absolute Gasteiger partial charge is 0.497 e. The highest BCUT2D eigenvalue weighted by Crippen LogP contribution is 2.53. The predicted octanol–water partition coefficient (Wildman–Crippen LogP) is 2.85. The smallest absolute Gasteiger partial charge is 0.304 e. The minimum atomic E-state index is -0.774. The molecule has 0 unspecified atom stereocenters. The summed E-state index contributed by atoms with van der Waals surface area (Å²) < 4.78 is 5.06. The Morgan fingerprint density at radius 1 is 1.56 bits per heavy atom. The van der Waals surface area contributed by atoms with Crippen molar-refractivity contribution < 1.29 is 14.6 Å². The molecule has 0 aliphatic heterocycles. The van der Waals surface area contributed by atoms with Crippen molar-refractivity contribution in [2.45, 2.75) is 24.7 Å². The summed E-state index contributed by atoms with van der Waals surface area (Å²) in [6.45, 7) is 0. The highest BCUT2D eigenvalue weighted by atomic mass is 35.5. The van der Waals surface area contributed by atoms with Gasteiger partial charge >= 0.3 is 5.97 Å². The lowest BCUT2D eigenvalue weighted by Crippen LogP contribution is -2.13. The van der Waals surface area contributed by atoms with Gasteiger partial charge in [0.15, 0.2) is 0 Å². The Balaban J connectivity index is 2.30. The number of benzene rings is 1. The van der Waals surface area contributed by atoms with Crippen LogP contribution in [0.2, 0.25) is 5.02 Å². The third-order valence-corrected chi connectivity index (χ3v) is 3.40. The van der Waals surface area contributed by atoms with Crippen molar-refractivity contribution in [3.63, 3.8) is 0 Å². The Morgan fingerprint density at radius 3 is 2.69 bits per heavy atom. The van der Waals surface area contributed by atoms with Crippen molar-refractivity contribution in [2.75, 3.05) is 7.11 Å². The van der Waals surface area contributed by atoms with E-state index in [1.807, 2.05) is 12.1 Å². The Bertz CT molecular complexity index is 424. The molecule has 0 aromatic heterocycles. The van der Waals surface area contributed by atoms with E-state index >= 15 is 0 Å². The summed E-state index contributed by atoms with van der Waals surface area (Å²) in [5.41, 5.74) is 0.687. The van der Waals surface area contributed by atoms with Crippen LogP contribution in [-0.2, 0) is 10.2 Å². The van der Waals surface area contributed by atoms with Crippen molar-refractivity contribution in [3.05, 3.63) is 28.8 Å². The van der Waals surface area contributed by atoms with Gasteiger partial charge in [-0.15, -0.1) is 0 Å². The SMILES string of the molecule is COc1ccc(C2(CC(=O)O)CC2)c(Cl)c1. The number of carboxylic acid groups (broad SMARTS) is 1. The molecule has 86 valence electrons. The maximum Gasteiger partial charge on any atom is 0.304 e. The molecule has 16 heavy (non-hydrogen) atoms. The highest BCUT2D eigenvalue weighted by molar-refractivity contribution is 6.31. The lowest BCUT2D eigenvalue weighted by Gasteiger charge is -2.15. The number of halogens is 1. The lowest BCUT2D eigenvalue weighted by molar-refractivity contribution is -0.137. The van der Waals surface area contributed by atoms with E-state index in [0.717, 1.165) is 18.4 Å².